The molecule has 2 aromatic carbocycles. The number of carbonyl (C=O) groups is 1. The van der Waals surface area contributed by atoms with Gasteiger partial charge in [-0.3, -0.25) is 4.79 Å². The van der Waals surface area contributed by atoms with Crippen molar-refractivity contribution in [2.45, 2.75) is 38.7 Å². The molecule has 3 heteroatoms. The largest absolute Gasteiger partial charge is 0.462 e. The summed E-state index contributed by atoms with van der Waals surface area (Å²) in [7, 11) is -0.689. The fourth-order valence-corrected chi connectivity index (χ4v) is 6.59. The highest BCUT2D eigenvalue weighted by Crippen LogP contribution is 2.57. The zero-order chi connectivity index (χ0) is 19.3. The summed E-state index contributed by atoms with van der Waals surface area (Å²) in [6.45, 7) is 2.01. The minimum Gasteiger partial charge on any atom is -0.462 e. The molecule has 0 bridgehead atoms. The molecule has 5 radical (unpaired) electrons. The molecule has 28 heavy (non-hydrogen) atoms. The van der Waals surface area contributed by atoms with E-state index in [0.717, 1.165) is 31.6 Å². The van der Waals surface area contributed by atoms with Gasteiger partial charge in [0.25, 0.3) is 0 Å². The van der Waals surface area contributed by atoms with E-state index in [1.165, 1.54) is 16.3 Å². The molecule has 1 atom stereocenters. The van der Waals surface area contributed by atoms with Crippen molar-refractivity contribution >= 4 is 24.5 Å². The number of ether oxygens (including phenoxy) is 1. The lowest BCUT2D eigenvalue weighted by Crippen LogP contribution is -2.29. The van der Waals surface area contributed by atoms with Crippen LogP contribution < -0.4 is 10.6 Å². The van der Waals surface area contributed by atoms with Crippen molar-refractivity contribution in [2.75, 3.05) is 0 Å². The van der Waals surface area contributed by atoms with Gasteiger partial charge < -0.3 is 4.74 Å². The van der Waals surface area contributed by atoms with Crippen LogP contribution in [0, 0.1) is 36.8 Å². The van der Waals surface area contributed by atoms with Gasteiger partial charge in [-0.1, -0.05) is 73.5 Å². The van der Waals surface area contributed by atoms with Crippen molar-refractivity contribution in [2.24, 2.45) is 5.92 Å². The average Bonchev–Trinajstić information content (AvgIpc) is 3.42. The van der Waals surface area contributed by atoms with Gasteiger partial charge in [-0.2, -0.15) is 0 Å². The standard InChI is InChI=1S/C25H26O2P/c1-19(27-25(26)20-11-8-9-12-20)23-17-10-18-24(23)28(21-13-4-2-5-14-21)22-15-6-3-7-16-22/h2-7,10,13-20H,8-9,11-12H2,1H3/t19-/m0/s1. The van der Waals surface area contributed by atoms with Crippen LogP contribution in [0.15, 0.2) is 60.7 Å². The Balaban J connectivity index is 1.56. The minimum atomic E-state index is -0.689. The van der Waals surface area contributed by atoms with Gasteiger partial charge in [-0.05, 0) is 57.6 Å². The normalized spacial score (nSPS) is 19.9. The van der Waals surface area contributed by atoms with Crippen LogP contribution >= 0.6 is 7.92 Å². The third-order valence-corrected chi connectivity index (χ3v) is 8.03. The Morgan fingerprint density at radius 2 is 1.50 bits per heavy atom. The van der Waals surface area contributed by atoms with Crippen LogP contribution in [0.3, 0.4) is 0 Å². The number of carbonyl (C=O) groups excluding carboxylic acids is 1. The van der Waals surface area contributed by atoms with Gasteiger partial charge in [-0.15, -0.1) is 0 Å². The molecule has 0 unspecified atom stereocenters. The molecule has 2 nitrogen and oxygen atoms in total. The first-order valence-electron chi connectivity index (χ1n) is 10.1. The maximum atomic E-state index is 12.6. The summed E-state index contributed by atoms with van der Waals surface area (Å²) < 4.78 is 5.91. The highest BCUT2D eigenvalue weighted by molar-refractivity contribution is 7.76. The minimum absolute atomic E-state index is 0.0269. The predicted octanol–water partition coefficient (Wildman–Crippen LogP) is 4.97. The predicted molar refractivity (Wildman–Crippen MR) is 116 cm³/mol. The van der Waals surface area contributed by atoms with E-state index < -0.39 is 7.92 Å². The lowest BCUT2D eigenvalue weighted by molar-refractivity contribution is -0.151. The van der Waals surface area contributed by atoms with Crippen molar-refractivity contribution < 1.29 is 9.53 Å². The molecule has 2 aliphatic carbocycles. The second kappa shape index (κ2) is 9.23. The van der Waals surface area contributed by atoms with Gasteiger partial charge in [0.15, 0.2) is 0 Å². The van der Waals surface area contributed by atoms with Crippen molar-refractivity contribution in [1.82, 2.24) is 0 Å². The monoisotopic (exact) mass is 389 g/mol. The Morgan fingerprint density at radius 1 is 0.929 bits per heavy atom. The van der Waals surface area contributed by atoms with E-state index in [-0.39, 0.29) is 18.0 Å². The number of hydrogen-bond donors (Lipinski definition) is 0. The summed E-state index contributed by atoms with van der Waals surface area (Å²) in [5.74, 6) is 1.19. The molecule has 0 aliphatic heterocycles. The molecular formula is C25H26O2P. The summed E-state index contributed by atoms with van der Waals surface area (Å²) in [5, 5.41) is 2.62. The van der Waals surface area contributed by atoms with E-state index in [4.69, 9.17) is 4.74 Å². The van der Waals surface area contributed by atoms with E-state index in [1.807, 2.05) is 6.92 Å². The van der Waals surface area contributed by atoms with E-state index in [1.54, 1.807) is 0 Å². The highest BCUT2D eigenvalue weighted by atomic mass is 31.1. The maximum Gasteiger partial charge on any atom is 0.309 e. The molecule has 4 rings (SSSR count). The van der Waals surface area contributed by atoms with Gasteiger partial charge in [0.1, 0.15) is 6.10 Å². The molecule has 0 saturated heterocycles. The van der Waals surface area contributed by atoms with Crippen LogP contribution in [0.25, 0.3) is 0 Å². The topological polar surface area (TPSA) is 26.3 Å². The SMILES string of the molecule is C[C@H](OC(=O)C1CCCC1)[C]1[CH][CH][CH][C]1P(c1ccccc1)c1ccccc1. The zero-order valence-electron chi connectivity index (χ0n) is 16.3. The first-order chi connectivity index (χ1) is 13.7. The molecular weight excluding hydrogens is 363 g/mol. The van der Waals surface area contributed by atoms with E-state index >= 15 is 0 Å². The molecule has 0 amide bonds. The van der Waals surface area contributed by atoms with Crippen molar-refractivity contribution in [1.29, 1.82) is 0 Å². The van der Waals surface area contributed by atoms with Gasteiger partial charge in [-0.25, -0.2) is 0 Å². The van der Waals surface area contributed by atoms with Crippen molar-refractivity contribution in [3.8, 4) is 0 Å². The molecule has 2 fully saturated rings. The van der Waals surface area contributed by atoms with Gasteiger partial charge in [0.2, 0.25) is 0 Å². The van der Waals surface area contributed by atoms with Crippen LogP contribution in [0.4, 0.5) is 0 Å². The fraction of sp³-hybridized carbons (Fsp3) is 0.280. The van der Waals surface area contributed by atoms with E-state index in [2.05, 4.69) is 79.9 Å². The molecule has 2 aliphatic rings. The smallest absolute Gasteiger partial charge is 0.309 e. The second-order valence-corrected chi connectivity index (χ2v) is 9.62. The lowest BCUT2D eigenvalue weighted by Gasteiger charge is -2.32. The third-order valence-electron chi connectivity index (χ3n) is 5.51. The van der Waals surface area contributed by atoms with Crippen LogP contribution in [0.2, 0.25) is 0 Å². The third kappa shape index (κ3) is 4.33. The highest BCUT2D eigenvalue weighted by Gasteiger charge is 2.41. The molecule has 0 aromatic heterocycles. The fourth-order valence-electron chi connectivity index (χ4n) is 4.05. The molecule has 0 spiro atoms. The van der Waals surface area contributed by atoms with E-state index in [0.29, 0.717) is 0 Å². The van der Waals surface area contributed by atoms with Crippen LogP contribution in [0.1, 0.15) is 32.6 Å². The second-order valence-electron chi connectivity index (χ2n) is 7.43. The van der Waals surface area contributed by atoms with Gasteiger partial charge in [0, 0.05) is 11.6 Å². The van der Waals surface area contributed by atoms with Gasteiger partial charge in [0.05, 0.1) is 5.92 Å². The zero-order valence-corrected chi connectivity index (χ0v) is 17.1. The first-order valence-corrected chi connectivity index (χ1v) is 11.4. The number of benzene rings is 2. The maximum absolute atomic E-state index is 12.6. The van der Waals surface area contributed by atoms with Crippen molar-refractivity contribution in [3.63, 3.8) is 0 Å². The molecule has 0 N–H and O–H groups in total. The Bertz CT molecular complexity index is 715. The van der Waals surface area contributed by atoms with Crippen LogP contribution in [-0.2, 0) is 9.53 Å². The number of hydrogen-bond acceptors (Lipinski definition) is 2. The number of esters is 1. The Hall–Kier alpha value is -1.66. The van der Waals surface area contributed by atoms with Crippen LogP contribution in [-0.4, -0.2) is 12.1 Å². The summed E-state index contributed by atoms with van der Waals surface area (Å²) in [5.41, 5.74) is 1.28. The number of rotatable bonds is 6. The molecule has 2 aromatic rings. The quantitative estimate of drug-likeness (QED) is 0.515. The Labute approximate surface area is 170 Å². The summed E-state index contributed by atoms with van der Waals surface area (Å²) in [6.07, 6.45) is 10.4. The summed E-state index contributed by atoms with van der Waals surface area (Å²) in [6, 6.07) is 21.3. The lowest BCUT2D eigenvalue weighted by atomic mass is 10.0. The van der Waals surface area contributed by atoms with Gasteiger partial charge >= 0.3 is 5.97 Å². The molecule has 143 valence electrons. The first kappa shape index (κ1) is 19.6. The Kier molecular flexibility index (Phi) is 6.47. The van der Waals surface area contributed by atoms with E-state index in [9.17, 15) is 4.79 Å². The Morgan fingerprint density at radius 3 is 2.07 bits per heavy atom. The summed E-state index contributed by atoms with van der Waals surface area (Å²) >= 11 is 0. The van der Waals surface area contributed by atoms with Crippen LogP contribution in [0.5, 0.6) is 0 Å². The average molecular weight is 389 g/mol. The molecule has 0 heterocycles. The summed E-state index contributed by atoms with van der Waals surface area (Å²) in [4.78, 5) is 12.6. The van der Waals surface area contributed by atoms with Crippen molar-refractivity contribution in [3.05, 3.63) is 91.5 Å². The molecule has 2 saturated carbocycles.